The molecule has 1 heterocycles. The molecule has 0 unspecified atom stereocenters. The molecule has 134 valence electrons. The molecule has 1 amide bonds. The highest BCUT2D eigenvalue weighted by atomic mass is 19.1. The monoisotopic (exact) mass is 354 g/mol. The van der Waals surface area contributed by atoms with Gasteiger partial charge in [0.2, 0.25) is 5.91 Å². The molecule has 1 aromatic heterocycles. The lowest BCUT2D eigenvalue weighted by Gasteiger charge is -2.07. The maximum atomic E-state index is 13.5. The second kappa shape index (κ2) is 7.82. The number of aryl methyl sites for hydroxylation is 1. The van der Waals surface area contributed by atoms with Gasteiger partial charge >= 0.3 is 5.97 Å². The molecule has 0 saturated carbocycles. The molecular weight excluding hydrogens is 335 g/mol. The van der Waals surface area contributed by atoms with Gasteiger partial charge in [0.25, 0.3) is 0 Å². The van der Waals surface area contributed by atoms with Crippen LogP contribution in [0.5, 0.6) is 0 Å². The molecule has 6 heteroatoms. The van der Waals surface area contributed by atoms with Crippen LogP contribution in [0.25, 0.3) is 10.9 Å². The summed E-state index contributed by atoms with van der Waals surface area (Å²) >= 11 is 0. The van der Waals surface area contributed by atoms with Crippen LogP contribution in [-0.4, -0.2) is 23.4 Å². The predicted molar refractivity (Wildman–Crippen MR) is 95.9 cm³/mol. The highest BCUT2D eigenvalue weighted by molar-refractivity contribution is 5.91. The van der Waals surface area contributed by atoms with E-state index < -0.39 is 5.97 Å². The first-order valence-corrected chi connectivity index (χ1v) is 8.26. The molecule has 2 N–H and O–H groups in total. The predicted octanol–water partition coefficient (Wildman–Crippen LogP) is 3.02. The molecule has 5 nitrogen and oxygen atoms in total. The first-order valence-electron chi connectivity index (χ1n) is 8.26. The van der Waals surface area contributed by atoms with E-state index >= 15 is 0 Å². The summed E-state index contributed by atoms with van der Waals surface area (Å²) in [5.74, 6) is -1.19. The minimum atomic E-state index is -0.510. The minimum Gasteiger partial charge on any atom is -0.460 e. The number of ether oxygens (including phenoxy) is 1. The maximum Gasteiger partial charge on any atom is 0.325 e. The van der Waals surface area contributed by atoms with Crippen LogP contribution < -0.4 is 5.32 Å². The van der Waals surface area contributed by atoms with E-state index in [1.807, 2.05) is 37.3 Å². The lowest BCUT2D eigenvalue weighted by atomic mass is 10.1. The number of fused-ring (bicyclic) bond motifs is 1. The average Bonchev–Trinajstić information content (AvgIpc) is 2.94. The third-order valence-corrected chi connectivity index (χ3v) is 4.09. The number of halogens is 1. The molecule has 0 bridgehead atoms. The van der Waals surface area contributed by atoms with Crippen molar-refractivity contribution in [2.75, 3.05) is 6.54 Å². The van der Waals surface area contributed by atoms with Gasteiger partial charge in [-0.25, -0.2) is 4.39 Å². The highest BCUT2D eigenvalue weighted by Crippen LogP contribution is 2.23. The van der Waals surface area contributed by atoms with Crippen LogP contribution in [0, 0.1) is 12.7 Å². The number of aromatic amines is 1. The van der Waals surface area contributed by atoms with E-state index in [0.29, 0.717) is 5.39 Å². The van der Waals surface area contributed by atoms with Crippen molar-refractivity contribution in [1.82, 2.24) is 10.3 Å². The van der Waals surface area contributed by atoms with E-state index in [0.717, 1.165) is 22.3 Å². The Balaban J connectivity index is 1.54. The van der Waals surface area contributed by atoms with Gasteiger partial charge in [0.05, 0.1) is 6.42 Å². The van der Waals surface area contributed by atoms with E-state index in [1.165, 1.54) is 12.1 Å². The van der Waals surface area contributed by atoms with Crippen molar-refractivity contribution in [3.8, 4) is 0 Å². The molecule has 3 rings (SSSR count). The van der Waals surface area contributed by atoms with Crippen molar-refractivity contribution < 1.29 is 18.7 Å². The number of esters is 1. The normalized spacial score (nSPS) is 10.7. The largest absolute Gasteiger partial charge is 0.460 e. The van der Waals surface area contributed by atoms with Gasteiger partial charge < -0.3 is 15.0 Å². The van der Waals surface area contributed by atoms with E-state index in [-0.39, 0.29) is 31.3 Å². The SMILES string of the molecule is Cc1[nH]c2ccc(F)cc2c1CC(=O)NCC(=O)OCc1ccccc1. The Morgan fingerprint density at radius 3 is 2.69 bits per heavy atom. The van der Waals surface area contributed by atoms with Crippen LogP contribution in [0.1, 0.15) is 16.8 Å². The second-order valence-electron chi connectivity index (χ2n) is 6.02. The number of H-pyrrole nitrogens is 1. The number of carbonyl (C=O) groups excluding carboxylic acids is 2. The Labute approximate surface area is 150 Å². The van der Waals surface area contributed by atoms with E-state index in [1.54, 1.807) is 6.07 Å². The zero-order valence-corrected chi connectivity index (χ0v) is 14.3. The third kappa shape index (κ3) is 4.27. The lowest BCUT2D eigenvalue weighted by Crippen LogP contribution is -2.31. The van der Waals surface area contributed by atoms with Gasteiger partial charge in [0.15, 0.2) is 0 Å². The Morgan fingerprint density at radius 2 is 1.92 bits per heavy atom. The summed E-state index contributed by atoms with van der Waals surface area (Å²) in [6.07, 6.45) is 0.0568. The van der Waals surface area contributed by atoms with E-state index in [9.17, 15) is 14.0 Å². The van der Waals surface area contributed by atoms with Crippen LogP contribution in [0.15, 0.2) is 48.5 Å². The molecule has 0 atom stereocenters. The molecule has 3 aromatic rings. The number of hydrogen-bond donors (Lipinski definition) is 2. The van der Waals surface area contributed by atoms with E-state index in [4.69, 9.17) is 4.74 Å². The smallest absolute Gasteiger partial charge is 0.325 e. The second-order valence-corrected chi connectivity index (χ2v) is 6.02. The minimum absolute atomic E-state index is 0.0568. The Morgan fingerprint density at radius 1 is 1.15 bits per heavy atom. The number of benzene rings is 2. The summed E-state index contributed by atoms with van der Waals surface area (Å²) in [6.45, 7) is 1.78. The number of amides is 1. The average molecular weight is 354 g/mol. The summed E-state index contributed by atoms with van der Waals surface area (Å²) in [7, 11) is 0. The number of nitrogens with one attached hydrogen (secondary N) is 2. The fourth-order valence-corrected chi connectivity index (χ4v) is 2.77. The third-order valence-electron chi connectivity index (χ3n) is 4.09. The lowest BCUT2D eigenvalue weighted by molar-refractivity contribution is -0.145. The highest BCUT2D eigenvalue weighted by Gasteiger charge is 2.14. The molecule has 26 heavy (non-hydrogen) atoms. The first kappa shape index (κ1) is 17.7. The van der Waals surface area contributed by atoms with Crippen molar-refractivity contribution in [3.05, 3.63) is 71.2 Å². The van der Waals surface area contributed by atoms with Crippen molar-refractivity contribution in [3.63, 3.8) is 0 Å². The van der Waals surface area contributed by atoms with Crippen LogP contribution >= 0.6 is 0 Å². The standard InChI is InChI=1S/C20H19FN2O3/c1-13-16(17-9-15(21)7-8-18(17)23-13)10-19(24)22-11-20(25)26-12-14-5-3-2-4-6-14/h2-9,23H,10-12H2,1H3,(H,22,24). The molecule has 0 spiro atoms. The van der Waals surface area contributed by atoms with Crippen LogP contribution in [0.3, 0.4) is 0 Å². The van der Waals surface area contributed by atoms with Gasteiger partial charge in [-0.1, -0.05) is 30.3 Å². The molecule has 0 saturated heterocycles. The first-order chi connectivity index (χ1) is 12.5. The molecule has 0 aliphatic heterocycles. The Bertz CT molecular complexity index is 935. The Kier molecular flexibility index (Phi) is 5.31. The van der Waals surface area contributed by atoms with Gasteiger partial charge in [-0.3, -0.25) is 9.59 Å². The van der Waals surface area contributed by atoms with Gasteiger partial charge in [-0.15, -0.1) is 0 Å². The quantitative estimate of drug-likeness (QED) is 0.669. The summed E-state index contributed by atoms with van der Waals surface area (Å²) in [5.41, 5.74) is 3.17. The van der Waals surface area contributed by atoms with Crippen LogP contribution in [0.2, 0.25) is 0 Å². The van der Waals surface area contributed by atoms with Gasteiger partial charge in [0, 0.05) is 16.6 Å². The summed E-state index contributed by atoms with van der Waals surface area (Å²) in [6, 6.07) is 13.7. The molecule has 0 fully saturated rings. The van der Waals surface area contributed by atoms with Crippen molar-refractivity contribution in [2.24, 2.45) is 0 Å². The number of rotatable bonds is 6. The van der Waals surface area contributed by atoms with Crippen LogP contribution in [0.4, 0.5) is 4.39 Å². The summed E-state index contributed by atoms with van der Waals surface area (Å²) in [5, 5.41) is 3.21. The molecule has 0 radical (unpaired) electrons. The van der Waals surface area contributed by atoms with E-state index in [2.05, 4.69) is 10.3 Å². The van der Waals surface area contributed by atoms with Crippen LogP contribution in [-0.2, 0) is 27.4 Å². The topological polar surface area (TPSA) is 71.2 Å². The molecule has 0 aliphatic carbocycles. The van der Waals surface area contributed by atoms with Crippen molar-refractivity contribution >= 4 is 22.8 Å². The number of aromatic nitrogens is 1. The molecule has 2 aromatic carbocycles. The van der Waals surface area contributed by atoms with Gasteiger partial charge in [-0.2, -0.15) is 0 Å². The van der Waals surface area contributed by atoms with Crippen molar-refractivity contribution in [1.29, 1.82) is 0 Å². The van der Waals surface area contributed by atoms with Crippen molar-refractivity contribution in [2.45, 2.75) is 20.0 Å². The Hall–Kier alpha value is -3.15. The zero-order valence-electron chi connectivity index (χ0n) is 14.3. The molecule has 0 aliphatic rings. The maximum absolute atomic E-state index is 13.5. The summed E-state index contributed by atoms with van der Waals surface area (Å²) < 4.78 is 18.6. The molecular formula is C20H19FN2O3. The fraction of sp³-hybridized carbons (Fsp3) is 0.200. The zero-order chi connectivity index (χ0) is 18.5. The van der Waals surface area contributed by atoms with Gasteiger partial charge in [0.1, 0.15) is 19.0 Å². The van der Waals surface area contributed by atoms with Gasteiger partial charge in [-0.05, 0) is 36.2 Å². The fourth-order valence-electron chi connectivity index (χ4n) is 2.77. The number of carbonyl (C=O) groups is 2. The number of hydrogen-bond acceptors (Lipinski definition) is 3. The summed E-state index contributed by atoms with van der Waals surface area (Å²) in [4.78, 5) is 27.0.